The van der Waals surface area contributed by atoms with E-state index in [0.717, 1.165) is 41.5 Å². The van der Waals surface area contributed by atoms with Crippen LogP contribution in [-0.2, 0) is 55.3 Å². The molecule has 0 spiro atoms. The third kappa shape index (κ3) is 10.5. The molecule has 1 atom stereocenters. The summed E-state index contributed by atoms with van der Waals surface area (Å²) in [6.45, 7) is 7.70. The highest BCUT2D eigenvalue weighted by Gasteiger charge is 2.59. The van der Waals surface area contributed by atoms with E-state index in [0.29, 0.717) is 0 Å². The number of anilines is 2. The second kappa shape index (κ2) is 14.8. The van der Waals surface area contributed by atoms with Gasteiger partial charge in [-0.2, -0.15) is 15.0 Å². The quantitative estimate of drug-likeness (QED) is 0.204. The Kier molecular flexibility index (Phi) is 12.6. The van der Waals surface area contributed by atoms with Crippen LogP contribution in [0.1, 0.15) is 48.5 Å². The van der Waals surface area contributed by atoms with E-state index in [1.807, 2.05) is 0 Å². The van der Waals surface area contributed by atoms with Crippen LogP contribution in [0.5, 0.6) is 0 Å². The molecule has 4 N–H and O–H groups in total. The molecule has 1 aromatic heterocycles. The second-order valence-electron chi connectivity index (χ2n) is 8.03. The lowest BCUT2D eigenvalue weighted by Crippen LogP contribution is -2.62. The van der Waals surface area contributed by atoms with Gasteiger partial charge in [-0.15, -0.1) is 0 Å². The molecule has 0 bridgehead atoms. The lowest BCUT2D eigenvalue weighted by Gasteiger charge is -2.30. The maximum atomic E-state index is 11.9. The molecular weight excluding hydrogens is 572 g/mol. The molecule has 0 fully saturated rings. The van der Waals surface area contributed by atoms with Crippen LogP contribution >= 0.6 is 0 Å². The number of carbonyl (C=O) groups excluding carboxylic acids is 6. The highest BCUT2D eigenvalue weighted by molar-refractivity contribution is 6.77. The van der Waals surface area contributed by atoms with Gasteiger partial charge in [-0.05, 0) is 0 Å². The SMILES string of the molecule is CC(=O)O[Si](OC(C)=O)(OC(C)=O)c1nc(NCCN)nc(NCC(C)[Si](OC(C)=O)(OC(C)=O)OC(C)=O)n1. The molecule has 0 aliphatic heterocycles. The maximum Gasteiger partial charge on any atom is 0.782 e. The molecule has 0 amide bonds. The second-order valence-corrected chi connectivity index (χ2v) is 13.0. The molecule has 0 aliphatic rings. The number of nitrogens with zero attached hydrogens (tertiary/aromatic N) is 3. The van der Waals surface area contributed by atoms with Crippen molar-refractivity contribution in [1.82, 2.24) is 15.0 Å². The highest BCUT2D eigenvalue weighted by Crippen LogP contribution is 2.27. The average molecular weight is 605 g/mol. The zero-order valence-corrected chi connectivity index (χ0v) is 25.0. The molecule has 1 heterocycles. The summed E-state index contributed by atoms with van der Waals surface area (Å²) in [5.74, 6) is -5.87. The Morgan fingerprint density at radius 3 is 1.40 bits per heavy atom. The van der Waals surface area contributed by atoms with Gasteiger partial charge in [-0.25, -0.2) is 0 Å². The van der Waals surface area contributed by atoms with Gasteiger partial charge in [0.1, 0.15) is 0 Å². The highest BCUT2D eigenvalue weighted by atomic mass is 28.4. The van der Waals surface area contributed by atoms with Gasteiger partial charge in [0.05, 0.1) is 5.54 Å². The van der Waals surface area contributed by atoms with Crippen LogP contribution in [0.2, 0.25) is 5.54 Å². The molecule has 0 aromatic carbocycles. The first kappa shape index (κ1) is 33.9. The Hall–Kier alpha value is -4.18. The minimum absolute atomic E-state index is 0.141. The van der Waals surface area contributed by atoms with Crippen molar-refractivity contribution in [2.75, 3.05) is 30.3 Å². The van der Waals surface area contributed by atoms with E-state index < -0.39 is 64.4 Å². The van der Waals surface area contributed by atoms with Crippen LogP contribution in [0.4, 0.5) is 11.9 Å². The first-order valence-corrected chi connectivity index (χ1v) is 15.2. The van der Waals surface area contributed by atoms with Crippen molar-refractivity contribution in [3.8, 4) is 0 Å². The van der Waals surface area contributed by atoms with E-state index in [1.165, 1.54) is 6.92 Å². The Labute approximate surface area is 231 Å². The van der Waals surface area contributed by atoms with Gasteiger partial charge in [0.25, 0.3) is 35.8 Å². The molecule has 0 saturated heterocycles. The predicted octanol–water partition coefficient (Wildman–Crippen LogP) is -1.49. The monoisotopic (exact) mass is 604 g/mol. The van der Waals surface area contributed by atoms with E-state index in [2.05, 4.69) is 25.6 Å². The Bertz CT molecular complexity index is 1060. The van der Waals surface area contributed by atoms with Crippen molar-refractivity contribution in [3.63, 3.8) is 0 Å². The zero-order chi connectivity index (χ0) is 30.7. The molecule has 0 aliphatic carbocycles. The topological polar surface area (TPSA) is 247 Å². The van der Waals surface area contributed by atoms with Crippen molar-refractivity contribution in [3.05, 3.63) is 0 Å². The van der Waals surface area contributed by atoms with Gasteiger partial charge < -0.3 is 42.9 Å². The maximum absolute atomic E-state index is 11.9. The van der Waals surface area contributed by atoms with E-state index >= 15 is 0 Å². The predicted molar refractivity (Wildman–Crippen MR) is 137 cm³/mol. The van der Waals surface area contributed by atoms with Gasteiger partial charge >= 0.3 is 17.6 Å². The van der Waals surface area contributed by atoms with Gasteiger partial charge in [0, 0.05) is 61.2 Å². The summed E-state index contributed by atoms with van der Waals surface area (Å²) >= 11 is 0. The standard InChI is InChI=1S/C20H32N6O12Si2/c1-11(39(33-12(2)27,34-13(3)28)35-14(4)29)10-23-19-24-18(22-9-8-21)25-20(26-19)40(36-15(5)30,37-16(6)31)38-17(7)32/h11H,8-10,21H2,1-7H3,(H2,22,23,24,25,26). The Balaban J connectivity index is 3.62. The molecule has 40 heavy (non-hydrogen) atoms. The van der Waals surface area contributed by atoms with E-state index in [-0.39, 0.29) is 31.5 Å². The molecule has 1 aromatic rings. The fourth-order valence-electron chi connectivity index (χ4n) is 2.96. The summed E-state index contributed by atoms with van der Waals surface area (Å²) in [5, 5.41) is 5.56. The molecule has 1 unspecified atom stereocenters. The van der Waals surface area contributed by atoms with Crippen LogP contribution in [0, 0.1) is 0 Å². The molecule has 1 rings (SSSR count). The molecule has 18 nitrogen and oxygen atoms in total. The number of carbonyl (C=O) groups is 6. The lowest BCUT2D eigenvalue weighted by molar-refractivity contribution is -0.150. The van der Waals surface area contributed by atoms with E-state index in [1.54, 1.807) is 0 Å². The van der Waals surface area contributed by atoms with Crippen LogP contribution in [0.3, 0.4) is 0 Å². The number of hydrogen-bond acceptors (Lipinski definition) is 18. The lowest BCUT2D eigenvalue weighted by atomic mass is 10.5. The fourth-order valence-corrected chi connectivity index (χ4v) is 7.26. The first-order valence-electron chi connectivity index (χ1n) is 11.7. The Morgan fingerprint density at radius 1 is 0.675 bits per heavy atom. The van der Waals surface area contributed by atoms with Crippen molar-refractivity contribution in [1.29, 1.82) is 0 Å². The molecule has 0 radical (unpaired) electrons. The van der Waals surface area contributed by atoms with Gasteiger partial charge in [-0.3, -0.25) is 28.8 Å². The van der Waals surface area contributed by atoms with Crippen molar-refractivity contribution in [2.24, 2.45) is 5.73 Å². The van der Waals surface area contributed by atoms with Crippen LogP contribution in [-0.4, -0.2) is 88.0 Å². The molecule has 20 heteroatoms. The molecular formula is C20H32N6O12Si2. The number of nitrogens with one attached hydrogen (secondary N) is 2. The first-order chi connectivity index (χ1) is 18.5. The summed E-state index contributed by atoms with van der Waals surface area (Å²) < 4.78 is 31.2. The normalized spacial score (nSPS) is 11.8. The third-order valence-corrected chi connectivity index (χ3v) is 9.77. The van der Waals surface area contributed by atoms with Crippen LogP contribution in [0.15, 0.2) is 0 Å². The van der Waals surface area contributed by atoms with Crippen molar-refractivity contribution >= 4 is 70.8 Å². The Morgan fingerprint density at radius 2 is 1.05 bits per heavy atom. The summed E-state index contributed by atoms with van der Waals surface area (Å²) in [7, 11) is -9.05. The van der Waals surface area contributed by atoms with Crippen molar-refractivity contribution in [2.45, 2.75) is 54.0 Å². The van der Waals surface area contributed by atoms with Crippen molar-refractivity contribution < 1.29 is 55.3 Å². The number of aromatic nitrogens is 3. The fraction of sp³-hybridized carbons (Fsp3) is 0.550. The summed E-state index contributed by atoms with van der Waals surface area (Å²) in [6, 6.07) is 0. The smallest absolute Gasteiger partial charge is 0.455 e. The average Bonchev–Trinajstić information content (AvgIpc) is 2.78. The van der Waals surface area contributed by atoms with Crippen LogP contribution in [0.25, 0.3) is 0 Å². The summed E-state index contributed by atoms with van der Waals surface area (Å²) in [5.41, 5.74) is 4.09. The number of rotatable bonds is 14. The number of hydrogen-bond donors (Lipinski definition) is 3. The summed E-state index contributed by atoms with van der Waals surface area (Å²) in [4.78, 5) is 83.5. The number of nitrogens with two attached hydrogens (primary N) is 1. The largest absolute Gasteiger partial charge is 0.782 e. The minimum atomic E-state index is -4.74. The van der Waals surface area contributed by atoms with E-state index in [4.69, 9.17) is 32.3 Å². The van der Waals surface area contributed by atoms with Gasteiger partial charge in [0.15, 0.2) is 0 Å². The third-order valence-electron chi connectivity index (χ3n) is 4.20. The summed E-state index contributed by atoms with van der Waals surface area (Å²) in [6.07, 6.45) is 0. The molecule has 222 valence electrons. The van der Waals surface area contributed by atoms with Crippen LogP contribution < -0.4 is 21.8 Å². The van der Waals surface area contributed by atoms with E-state index in [9.17, 15) is 28.8 Å². The molecule has 0 saturated carbocycles. The van der Waals surface area contributed by atoms with Gasteiger partial charge in [-0.1, -0.05) is 6.92 Å². The minimum Gasteiger partial charge on any atom is -0.455 e. The zero-order valence-electron chi connectivity index (χ0n) is 23.0. The van der Waals surface area contributed by atoms with Gasteiger partial charge in [0.2, 0.25) is 17.3 Å².